The van der Waals surface area contributed by atoms with Crippen molar-refractivity contribution in [3.63, 3.8) is 0 Å². The minimum atomic E-state index is -0.627. The number of hydrogen-bond donors (Lipinski definition) is 1. The van der Waals surface area contributed by atoms with Crippen molar-refractivity contribution in [2.45, 2.75) is 64.3 Å². The molecule has 0 amide bonds. The molecular formula is C13H22O4. The van der Waals surface area contributed by atoms with Gasteiger partial charge in [-0.05, 0) is 46.3 Å². The average molecular weight is 242 g/mol. The highest BCUT2D eigenvalue weighted by Crippen LogP contribution is 2.38. The van der Waals surface area contributed by atoms with E-state index in [1.54, 1.807) is 6.08 Å². The van der Waals surface area contributed by atoms with Crippen LogP contribution in [0.3, 0.4) is 0 Å². The molecule has 0 saturated carbocycles. The second kappa shape index (κ2) is 4.05. The van der Waals surface area contributed by atoms with E-state index in [2.05, 4.69) is 0 Å². The van der Waals surface area contributed by atoms with Crippen molar-refractivity contribution >= 4 is 0 Å². The molecule has 0 bridgehead atoms. The summed E-state index contributed by atoms with van der Waals surface area (Å²) in [6, 6.07) is 0. The van der Waals surface area contributed by atoms with E-state index >= 15 is 0 Å². The van der Waals surface area contributed by atoms with Gasteiger partial charge >= 0.3 is 0 Å². The lowest BCUT2D eigenvalue weighted by Gasteiger charge is -2.22. The lowest BCUT2D eigenvalue weighted by atomic mass is 10.1. The molecular weight excluding hydrogens is 220 g/mol. The van der Waals surface area contributed by atoms with Gasteiger partial charge in [0.2, 0.25) is 0 Å². The predicted octanol–water partition coefficient (Wildman–Crippen LogP) is 1.62. The maximum Gasteiger partial charge on any atom is 0.164 e. The zero-order valence-corrected chi connectivity index (χ0v) is 11.2. The van der Waals surface area contributed by atoms with Gasteiger partial charge < -0.3 is 19.3 Å². The molecule has 0 aromatic carbocycles. The molecule has 2 aliphatic rings. The van der Waals surface area contributed by atoms with Gasteiger partial charge in [-0.2, -0.15) is 0 Å². The summed E-state index contributed by atoms with van der Waals surface area (Å²) in [4.78, 5) is 0. The van der Waals surface area contributed by atoms with Crippen molar-refractivity contribution in [3.8, 4) is 0 Å². The Morgan fingerprint density at radius 1 is 1.35 bits per heavy atom. The maximum absolute atomic E-state index is 9.89. The molecule has 2 rings (SSSR count). The minimum Gasteiger partial charge on any atom is -0.386 e. The van der Waals surface area contributed by atoms with E-state index in [-0.39, 0.29) is 17.8 Å². The fourth-order valence-corrected chi connectivity index (χ4v) is 2.16. The third-order valence-corrected chi connectivity index (χ3v) is 2.89. The molecule has 98 valence electrons. The van der Waals surface area contributed by atoms with Crippen LogP contribution in [0.1, 0.15) is 34.6 Å². The van der Waals surface area contributed by atoms with Crippen LogP contribution in [0.15, 0.2) is 11.6 Å². The quantitative estimate of drug-likeness (QED) is 0.748. The molecule has 1 N–H and O–H groups in total. The Morgan fingerprint density at radius 2 is 2.00 bits per heavy atom. The largest absolute Gasteiger partial charge is 0.386 e. The van der Waals surface area contributed by atoms with E-state index < -0.39 is 11.9 Å². The third-order valence-electron chi connectivity index (χ3n) is 2.89. The fraction of sp³-hybridized carbons (Fsp3) is 0.846. The molecule has 0 aromatic heterocycles. The van der Waals surface area contributed by atoms with E-state index in [1.807, 2.05) is 34.6 Å². The number of fused-ring (bicyclic) bond motifs is 1. The smallest absolute Gasteiger partial charge is 0.164 e. The van der Waals surface area contributed by atoms with E-state index in [1.165, 1.54) is 0 Å². The van der Waals surface area contributed by atoms with Crippen LogP contribution in [0.2, 0.25) is 0 Å². The summed E-state index contributed by atoms with van der Waals surface area (Å²) >= 11 is 0. The second-order valence-corrected chi connectivity index (χ2v) is 6.15. The number of aliphatic hydroxyl groups is 1. The number of ether oxygens (including phenoxy) is 3. The Bertz CT molecular complexity index is 327. The first-order valence-electron chi connectivity index (χ1n) is 6.06. The Morgan fingerprint density at radius 3 is 2.59 bits per heavy atom. The Kier molecular flexibility index (Phi) is 3.11. The molecule has 0 radical (unpaired) electrons. The fourth-order valence-electron chi connectivity index (χ4n) is 2.16. The molecule has 3 atom stereocenters. The molecule has 4 nitrogen and oxygen atoms in total. The molecule has 1 aliphatic carbocycles. The van der Waals surface area contributed by atoms with Crippen molar-refractivity contribution < 1.29 is 19.3 Å². The average Bonchev–Trinajstić information content (AvgIpc) is 2.58. The van der Waals surface area contributed by atoms with E-state index in [0.717, 1.165) is 5.57 Å². The van der Waals surface area contributed by atoms with E-state index in [4.69, 9.17) is 14.2 Å². The molecule has 0 spiro atoms. The highest BCUT2D eigenvalue weighted by atomic mass is 16.8. The summed E-state index contributed by atoms with van der Waals surface area (Å²) in [6.07, 6.45) is 0.724. The van der Waals surface area contributed by atoms with Gasteiger partial charge in [-0.3, -0.25) is 0 Å². The SMILES string of the molecule is CC(C)(C)OCC1=C[C@H](O)[C@@H]2OC(C)(C)O[C@H]12. The lowest BCUT2D eigenvalue weighted by Crippen LogP contribution is -2.30. The van der Waals surface area contributed by atoms with Gasteiger partial charge in [-0.25, -0.2) is 0 Å². The Hall–Kier alpha value is -0.420. The summed E-state index contributed by atoms with van der Waals surface area (Å²) in [5.74, 6) is -0.627. The van der Waals surface area contributed by atoms with Crippen molar-refractivity contribution in [2.75, 3.05) is 6.61 Å². The Balaban J connectivity index is 2.02. The van der Waals surface area contributed by atoms with Crippen LogP contribution >= 0.6 is 0 Å². The maximum atomic E-state index is 9.89. The highest BCUT2D eigenvalue weighted by Gasteiger charge is 2.49. The van der Waals surface area contributed by atoms with Gasteiger partial charge in [0.1, 0.15) is 18.3 Å². The summed E-state index contributed by atoms with van der Waals surface area (Å²) < 4.78 is 17.2. The number of rotatable bonds is 2. The zero-order chi connectivity index (χ0) is 12.8. The van der Waals surface area contributed by atoms with Crippen molar-refractivity contribution in [2.24, 2.45) is 0 Å². The third kappa shape index (κ3) is 2.88. The zero-order valence-electron chi connectivity index (χ0n) is 11.2. The standard InChI is InChI=1S/C13H22O4/c1-12(2,3)15-7-8-6-9(14)11-10(8)16-13(4,5)17-11/h6,9-11,14H,7H2,1-5H3/t9-,10+,11-/m0/s1. The second-order valence-electron chi connectivity index (χ2n) is 6.15. The van der Waals surface area contributed by atoms with Gasteiger partial charge in [0.05, 0.1) is 12.2 Å². The van der Waals surface area contributed by atoms with Crippen molar-refractivity contribution in [1.29, 1.82) is 0 Å². The van der Waals surface area contributed by atoms with Crippen LogP contribution in [0.5, 0.6) is 0 Å². The topological polar surface area (TPSA) is 47.9 Å². The predicted molar refractivity (Wildman–Crippen MR) is 63.6 cm³/mol. The normalized spacial score (nSPS) is 35.9. The summed E-state index contributed by atoms with van der Waals surface area (Å²) in [5.41, 5.74) is 0.779. The molecule has 0 aromatic rings. The number of hydrogen-bond acceptors (Lipinski definition) is 4. The van der Waals surface area contributed by atoms with Gasteiger partial charge in [0.15, 0.2) is 5.79 Å². The molecule has 1 saturated heterocycles. The minimum absolute atomic E-state index is 0.178. The van der Waals surface area contributed by atoms with E-state index in [9.17, 15) is 5.11 Å². The highest BCUT2D eigenvalue weighted by molar-refractivity contribution is 5.25. The van der Waals surface area contributed by atoms with Gasteiger partial charge in [-0.1, -0.05) is 0 Å². The van der Waals surface area contributed by atoms with Crippen LogP contribution in [0.4, 0.5) is 0 Å². The molecule has 17 heavy (non-hydrogen) atoms. The molecule has 4 heteroatoms. The van der Waals surface area contributed by atoms with Crippen molar-refractivity contribution in [3.05, 3.63) is 11.6 Å². The first-order valence-corrected chi connectivity index (χ1v) is 6.06. The van der Waals surface area contributed by atoms with Gasteiger partial charge in [0.25, 0.3) is 0 Å². The lowest BCUT2D eigenvalue weighted by molar-refractivity contribution is -0.153. The van der Waals surface area contributed by atoms with Crippen LogP contribution in [-0.2, 0) is 14.2 Å². The van der Waals surface area contributed by atoms with Gasteiger partial charge in [0, 0.05) is 0 Å². The first-order chi connectivity index (χ1) is 7.68. The summed E-state index contributed by atoms with van der Waals surface area (Å²) in [7, 11) is 0. The van der Waals surface area contributed by atoms with Crippen molar-refractivity contribution in [1.82, 2.24) is 0 Å². The van der Waals surface area contributed by atoms with Gasteiger partial charge in [-0.15, -0.1) is 0 Å². The first kappa shape index (κ1) is 13.0. The monoisotopic (exact) mass is 242 g/mol. The molecule has 1 aliphatic heterocycles. The summed E-state index contributed by atoms with van der Waals surface area (Å²) in [6.45, 7) is 10.2. The van der Waals surface area contributed by atoms with Crippen LogP contribution < -0.4 is 0 Å². The summed E-state index contributed by atoms with van der Waals surface area (Å²) in [5, 5.41) is 9.89. The van der Waals surface area contributed by atoms with E-state index in [0.29, 0.717) is 6.61 Å². The molecule has 0 unspecified atom stereocenters. The van der Waals surface area contributed by atoms with Crippen LogP contribution in [0.25, 0.3) is 0 Å². The molecule has 1 heterocycles. The molecule has 1 fully saturated rings. The Labute approximate surface area is 103 Å². The number of aliphatic hydroxyl groups excluding tert-OH is 1. The van der Waals surface area contributed by atoms with Crippen LogP contribution in [-0.4, -0.2) is 41.4 Å². The van der Waals surface area contributed by atoms with Crippen LogP contribution in [0, 0.1) is 0 Å².